The zero-order chi connectivity index (χ0) is 23.4. The van der Waals surface area contributed by atoms with E-state index in [9.17, 15) is 16.8 Å². The summed E-state index contributed by atoms with van der Waals surface area (Å²) in [5.41, 5.74) is 4.21. The molecule has 3 rings (SSSR count). The smallest absolute Gasteiger partial charge is 0.244 e. The van der Waals surface area contributed by atoms with Crippen LogP contribution in [-0.4, -0.2) is 62.3 Å². The number of nitrogens with zero attached hydrogens (tertiary/aromatic N) is 4. The van der Waals surface area contributed by atoms with Crippen molar-refractivity contribution >= 4 is 31.6 Å². The van der Waals surface area contributed by atoms with Crippen LogP contribution in [0.25, 0.3) is 0 Å². The molecule has 1 fully saturated rings. The Bertz CT molecular complexity index is 1150. The lowest BCUT2D eigenvalue weighted by molar-refractivity contribution is 0.445. The number of rotatable bonds is 9. The predicted octanol–water partition coefficient (Wildman–Crippen LogP) is 2.73. The van der Waals surface area contributed by atoms with E-state index in [0.717, 1.165) is 18.4 Å². The van der Waals surface area contributed by atoms with Crippen LogP contribution in [-0.2, 0) is 20.0 Å². The third-order valence-electron chi connectivity index (χ3n) is 5.39. The molecule has 0 aliphatic carbocycles. The lowest BCUT2D eigenvalue weighted by Gasteiger charge is -2.18. The summed E-state index contributed by atoms with van der Waals surface area (Å²) in [6, 6.07) is 9.66. The first-order chi connectivity index (χ1) is 15.2. The number of hydrazone groups is 1. The highest BCUT2D eigenvalue weighted by atomic mass is 32.2. The van der Waals surface area contributed by atoms with Gasteiger partial charge in [-0.15, -0.1) is 0 Å². The summed E-state index contributed by atoms with van der Waals surface area (Å²) in [4.78, 5) is 4.54. The summed E-state index contributed by atoms with van der Waals surface area (Å²) in [5.74, 6) is 0.399. The van der Waals surface area contributed by atoms with Crippen molar-refractivity contribution in [2.24, 2.45) is 5.10 Å². The molecule has 0 amide bonds. The summed E-state index contributed by atoms with van der Waals surface area (Å²) in [6.45, 7) is 7.27. The van der Waals surface area contributed by atoms with Gasteiger partial charge in [-0.2, -0.15) is 13.7 Å². The Kier molecular flexibility index (Phi) is 7.65. The van der Waals surface area contributed by atoms with E-state index in [2.05, 4.69) is 15.5 Å². The number of hydrogen-bond acceptors (Lipinski definition) is 7. The number of hydrogen-bond donors (Lipinski definition) is 1. The molecule has 174 valence electrons. The molecular formula is C21H29N5O4S2. The third-order valence-corrected chi connectivity index (χ3v) is 9.34. The fourth-order valence-electron chi connectivity index (χ4n) is 3.46. The van der Waals surface area contributed by atoms with E-state index in [4.69, 9.17) is 0 Å². The molecule has 0 unspecified atom stereocenters. The number of aromatic nitrogens is 1. The van der Waals surface area contributed by atoms with Crippen LogP contribution >= 0.6 is 0 Å². The van der Waals surface area contributed by atoms with Gasteiger partial charge in [-0.3, -0.25) is 5.43 Å². The molecule has 0 saturated carbocycles. The lowest BCUT2D eigenvalue weighted by atomic mass is 10.1. The van der Waals surface area contributed by atoms with Crippen molar-refractivity contribution in [3.8, 4) is 0 Å². The second-order valence-electron chi connectivity index (χ2n) is 7.41. The highest BCUT2D eigenvalue weighted by Gasteiger charge is 2.27. The first kappa shape index (κ1) is 24.3. The van der Waals surface area contributed by atoms with Gasteiger partial charge in [-0.1, -0.05) is 26.0 Å². The molecule has 32 heavy (non-hydrogen) atoms. The van der Waals surface area contributed by atoms with Crippen LogP contribution < -0.4 is 5.43 Å². The van der Waals surface area contributed by atoms with E-state index >= 15 is 0 Å². The number of sulfonamides is 2. The van der Waals surface area contributed by atoms with Gasteiger partial charge >= 0.3 is 0 Å². The van der Waals surface area contributed by atoms with E-state index in [1.54, 1.807) is 51.1 Å². The highest BCUT2D eigenvalue weighted by molar-refractivity contribution is 7.89. The molecule has 1 N–H and O–H groups in total. The number of pyridine rings is 1. The van der Waals surface area contributed by atoms with Gasteiger partial charge in [0.25, 0.3) is 0 Å². The summed E-state index contributed by atoms with van der Waals surface area (Å²) in [6.07, 6.45) is 3.09. The Morgan fingerprint density at radius 3 is 2.12 bits per heavy atom. The van der Waals surface area contributed by atoms with Gasteiger partial charge in [0, 0.05) is 32.4 Å². The molecule has 0 spiro atoms. The second-order valence-corrected chi connectivity index (χ2v) is 11.3. The van der Waals surface area contributed by atoms with E-state index < -0.39 is 20.0 Å². The van der Waals surface area contributed by atoms with E-state index in [0.29, 0.717) is 37.7 Å². The number of benzene rings is 1. The van der Waals surface area contributed by atoms with Crippen molar-refractivity contribution in [2.75, 3.05) is 31.6 Å². The molecule has 1 aliphatic heterocycles. The zero-order valence-electron chi connectivity index (χ0n) is 18.5. The lowest BCUT2D eigenvalue weighted by Crippen LogP contribution is -2.30. The van der Waals surface area contributed by atoms with E-state index in [-0.39, 0.29) is 9.79 Å². The summed E-state index contributed by atoms with van der Waals surface area (Å²) in [7, 11) is -7.01. The van der Waals surface area contributed by atoms with Crippen molar-refractivity contribution in [1.29, 1.82) is 0 Å². The Morgan fingerprint density at radius 2 is 1.59 bits per heavy atom. The average Bonchev–Trinajstić information content (AvgIpc) is 3.34. The molecule has 9 nitrogen and oxygen atoms in total. The van der Waals surface area contributed by atoms with Gasteiger partial charge in [0.2, 0.25) is 20.0 Å². The summed E-state index contributed by atoms with van der Waals surface area (Å²) < 4.78 is 53.2. The van der Waals surface area contributed by atoms with Crippen LogP contribution in [0.4, 0.5) is 5.82 Å². The largest absolute Gasteiger partial charge is 0.261 e. The topological polar surface area (TPSA) is 112 Å². The van der Waals surface area contributed by atoms with Crippen molar-refractivity contribution in [1.82, 2.24) is 13.6 Å². The van der Waals surface area contributed by atoms with Gasteiger partial charge < -0.3 is 0 Å². The van der Waals surface area contributed by atoms with Crippen molar-refractivity contribution in [2.45, 2.75) is 43.4 Å². The van der Waals surface area contributed by atoms with Gasteiger partial charge in [-0.25, -0.2) is 21.8 Å². The van der Waals surface area contributed by atoms with Crippen LogP contribution in [0.2, 0.25) is 0 Å². The molecule has 2 aromatic rings. The van der Waals surface area contributed by atoms with Gasteiger partial charge in [-0.05, 0) is 49.6 Å². The standard InChI is InChI=1S/C21H29N5O4S2/c1-4-25(5-2)32(29,30)20-12-13-21(22-16-20)24-23-17(3)18-8-10-19(11-9-18)31(27,28)26-14-6-7-15-26/h8-13,16H,4-7,14-15H2,1-3H3,(H,22,24)/b23-17+. The number of anilines is 1. The van der Waals surface area contributed by atoms with E-state index in [1.165, 1.54) is 20.9 Å². The summed E-state index contributed by atoms with van der Waals surface area (Å²) >= 11 is 0. The maximum atomic E-state index is 12.6. The van der Waals surface area contributed by atoms with Gasteiger partial charge in [0.05, 0.1) is 10.6 Å². The molecule has 2 heterocycles. The monoisotopic (exact) mass is 479 g/mol. The van der Waals surface area contributed by atoms with Crippen LogP contribution in [0.3, 0.4) is 0 Å². The minimum atomic E-state index is -3.56. The van der Waals surface area contributed by atoms with Gasteiger partial charge in [0.15, 0.2) is 0 Å². The SMILES string of the molecule is CCN(CC)S(=O)(=O)c1ccc(N/N=C(\C)c2ccc(S(=O)(=O)N3CCCC3)cc2)nc1. The molecule has 1 saturated heterocycles. The fourth-order valence-corrected chi connectivity index (χ4v) is 6.38. The molecule has 1 aliphatic rings. The van der Waals surface area contributed by atoms with Gasteiger partial charge in [0.1, 0.15) is 10.7 Å². The predicted molar refractivity (Wildman–Crippen MR) is 125 cm³/mol. The average molecular weight is 480 g/mol. The van der Waals surface area contributed by atoms with Crippen molar-refractivity contribution in [3.05, 3.63) is 48.2 Å². The maximum absolute atomic E-state index is 12.6. The van der Waals surface area contributed by atoms with Crippen LogP contribution in [0.15, 0.2) is 57.5 Å². The molecule has 11 heteroatoms. The molecule has 1 aromatic heterocycles. The summed E-state index contributed by atoms with van der Waals surface area (Å²) in [5, 5.41) is 4.28. The van der Waals surface area contributed by atoms with E-state index in [1.807, 2.05) is 0 Å². The maximum Gasteiger partial charge on any atom is 0.244 e. The number of nitrogens with one attached hydrogen (secondary N) is 1. The Morgan fingerprint density at radius 1 is 1.00 bits per heavy atom. The Balaban J connectivity index is 1.69. The first-order valence-electron chi connectivity index (χ1n) is 10.6. The van der Waals surface area contributed by atoms with Crippen molar-refractivity contribution in [3.63, 3.8) is 0 Å². The quantitative estimate of drug-likeness (QED) is 0.437. The third kappa shape index (κ3) is 5.17. The first-order valence-corrected chi connectivity index (χ1v) is 13.4. The van der Waals surface area contributed by atoms with Crippen LogP contribution in [0.5, 0.6) is 0 Å². The molecule has 0 radical (unpaired) electrons. The van der Waals surface area contributed by atoms with Crippen molar-refractivity contribution < 1.29 is 16.8 Å². The molecule has 0 bridgehead atoms. The molecular weight excluding hydrogens is 450 g/mol. The highest BCUT2D eigenvalue weighted by Crippen LogP contribution is 2.21. The minimum Gasteiger partial charge on any atom is -0.261 e. The Hall–Kier alpha value is -2.34. The van der Waals surface area contributed by atoms with Crippen LogP contribution in [0.1, 0.15) is 39.2 Å². The van der Waals surface area contributed by atoms with Crippen LogP contribution in [0, 0.1) is 0 Å². The molecule has 0 atom stereocenters. The fraction of sp³-hybridized carbons (Fsp3) is 0.429. The normalized spacial score (nSPS) is 15.9. The zero-order valence-corrected chi connectivity index (χ0v) is 20.2. The second kappa shape index (κ2) is 10.1. The molecule has 1 aromatic carbocycles. The minimum absolute atomic E-state index is 0.127. The Labute approximate surface area is 190 Å².